The highest BCUT2D eigenvalue weighted by Gasteiger charge is 2.22. The molecule has 0 spiro atoms. The van der Waals surface area contributed by atoms with Crippen molar-refractivity contribution in [2.75, 3.05) is 6.61 Å². The fourth-order valence-electron chi connectivity index (χ4n) is 0.905. The number of hydrogen-bond donors (Lipinski definition) is 2. The van der Waals surface area contributed by atoms with Crippen LogP contribution in [0.1, 0.15) is 6.42 Å². The van der Waals surface area contributed by atoms with Crippen LogP contribution in [0, 0.1) is 0 Å². The molecule has 0 fully saturated rings. The van der Waals surface area contributed by atoms with Crippen LogP contribution < -0.4 is 5.90 Å². The zero-order valence-electron chi connectivity index (χ0n) is 5.66. The maximum absolute atomic E-state index is 9.53. The zero-order valence-corrected chi connectivity index (χ0v) is 5.66. The van der Waals surface area contributed by atoms with Crippen molar-refractivity contribution in [2.24, 2.45) is 5.90 Å². The van der Waals surface area contributed by atoms with Gasteiger partial charge < -0.3 is 9.94 Å². The van der Waals surface area contributed by atoms with Gasteiger partial charge >= 0.3 is 0 Å². The number of aliphatic hydroxyl groups is 1. The van der Waals surface area contributed by atoms with Crippen LogP contribution in [0.3, 0.4) is 0 Å². The summed E-state index contributed by atoms with van der Waals surface area (Å²) < 4.78 is 0. The summed E-state index contributed by atoms with van der Waals surface area (Å²) in [5.74, 6) is 4.83. The second kappa shape index (κ2) is 2.96. The van der Waals surface area contributed by atoms with E-state index in [2.05, 4.69) is 4.84 Å². The number of hydrogen-bond acceptors (Lipinski definition) is 3. The zero-order chi connectivity index (χ0) is 7.45. The van der Waals surface area contributed by atoms with Crippen molar-refractivity contribution in [1.82, 2.24) is 0 Å². The molecule has 1 aliphatic rings. The van der Waals surface area contributed by atoms with Crippen LogP contribution in [-0.4, -0.2) is 17.3 Å². The highest BCUT2D eigenvalue weighted by Crippen LogP contribution is 2.16. The van der Waals surface area contributed by atoms with Gasteiger partial charge in [0.2, 0.25) is 0 Å². The van der Waals surface area contributed by atoms with Gasteiger partial charge in [-0.1, -0.05) is 24.3 Å². The Morgan fingerprint density at radius 3 is 2.90 bits per heavy atom. The van der Waals surface area contributed by atoms with Gasteiger partial charge in [0.15, 0.2) is 0 Å². The molecule has 0 saturated carbocycles. The summed E-state index contributed by atoms with van der Waals surface area (Å²) in [6, 6.07) is 0. The van der Waals surface area contributed by atoms with Crippen LogP contribution in [0.15, 0.2) is 24.3 Å². The van der Waals surface area contributed by atoms with E-state index in [4.69, 9.17) is 5.90 Å². The quantitative estimate of drug-likeness (QED) is 0.537. The molecular weight excluding hydrogens is 130 g/mol. The molecule has 1 atom stereocenters. The van der Waals surface area contributed by atoms with Crippen LogP contribution in [0.2, 0.25) is 0 Å². The maximum Gasteiger partial charge on any atom is 0.112 e. The molecule has 0 saturated heterocycles. The lowest BCUT2D eigenvalue weighted by atomic mass is 9.97. The molecule has 56 valence electrons. The molecule has 0 aromatic carbocycles. The summed E-state index contributed by atoms with van der Waals surface area (Å²) in [5, 5.41) is 9.53. The summed E-state index contributed by atoms with van der Waals surface area (Å²) in [4.78, 5) is 4.35. The second-order valence-corrected chi connectivity index (χ2v) is 2.41. The van der Waals surface area contributed by atoms with Gasteiger partial charge in [-0.2, -0.15) is 0 Å². The first-order chi connectivity index (χ1) is 4.77. The molecule has 1 rings (SSSR count). The van der Waals surface area contributed by atoms with Gasteiger partial charge in [0, 0.05) is 6.42 Å². The highest BCUT2D eigenvalue weighted by atomic mass is 16.6. The van der Waals surface area contributed by atoms with Crippen LogP contribution in [0.5, 0.6) is 0 Å². The molecule has 3 heteroatoms. The van der Waals surface area contributed by atoms with Crippen molar-refractivity contribution in [3.05, 3.63) is 24.3 Å². The molecule has 0 aliphatic heterocycles. The minimum atomic E-state index is -0.885. The van der Waals surface area contributed by atoms with E-state index in [1.54, 1.807) is 12.2 Å². The molecule has 0 heterocycles. The lowest BCUT2D eigenvalue weighted by Gasteiger charge is -2.22. The van der Waals surface area contributed by atoms with E-state index < -0.39 is 5.60 Å². The minimum absolute atomic E-state index is 0.147. The molecule has 0 aromatic heterocycles. The topological polar surface area (TPSA) is 55.5 Å². The molecule has 0 bridgehead atoms. The van der Waals surface area contributed by atoms with Crippen LogP contribution in [0.25, 0.3) is 0 Å². The van der Waals surface area contributed by atoms with Crippen molar-refractivity contribution in [1.29, 1.82) is 0 Å². The molecule has 3 N–H and O–H groups in total. The van der Waals surface area contributed by atoms with Crippen LogP contribution >= 0.6 is 0 Å². The van der Waals surface area contributed by atoms with Crippen molar-refractivity contribution >= 4 is 0 Å². The summed E-state index contributed by atoms with van der Waals surface area (Å²) in [6.07, 6.45) is 7.78. The molecule has 0 radical (unpaired) electrons. The molecule has 3 nitrogen and oxygen atoms in total. The highest BCUT2D eigenvalue weighted by molar-refractivity contribution is 5.17. The van der Waals surface area contributed by atoms with Gasteiger partial charge in [-0.15, -0.1) is 0 Å². The van der Waals surface area contributed by atoms with Crippen LogP contribution in [0.4, 0.5) is 0 Å². The van der Waals surface area contributed by atoms with E-state index in [1.165, 1.54) is 0 Å². The van der Waals surface area contributed by atoms with Crippen molar-refractivity contribution in [2.45, 2.75) is 12.0 Å². The first-order valence-electron chi connectivity index (χ1n) is 3.15. The van der Waals surface area contributed by atoms with Crippen molar-refractivity contribution < 1.29 is 9.94 Å². The molecular formula is C7H11NO2. The lowest BCUT2D eigenvalue weighted by Crippen LogP contribution is -2.33. The first kappa shape index (κ1) is 7.47. The fraction of sp³-hybridized carbons (Fsp3) is 0.429. The van der Waals surface area contributed by atoms with Crippen LogP contribution in [-0.2, 0) is 4.84 Å². The van der Waals surface area contributed by atoms with E-state index in [0.717, 1.165) is 0 Å². The molecule has 0 amide bonds. The van der Waals surface area contributed by atoms with E-state index in [-0.39, 0.29) is 6.61 Å². The van der Waals surface area contributed by atoms with E-state index in [1.807, 2.05) is 12.2 Å². The van der Waals surface area contributed by atoms with Gasteiger partial charge in [-0.3, -0.25) is 0 Å². The molecule has 1 unspecified atom stereocenters. The summed E-state index contributed by atoms with van der Waals surface area (Å²) in [5.41, 5.74) is -0.885. The maximum atomic E-state index is 9.53. The number of nitrogens with two attached hydrogens (primary N) is 1. The molecule has 0 aromatic rings. The van der Waals surface area contributed by atoms with Gasteiger partial charge in [-0.25, -0.2) is 5.90 Å². The Hall–Kier alpha value is -0.640. The fourth-order valence-corrected chi connectivity index (χ4v) is 0.905. The SMILES string of the molecule is NOCC1(O)C=CC=CC1. The Morgan fingerprint density at radius 2 is 2.40 bits per heavy atom. The van der Waals surface area contributed by atoms with Gasteiger partial charge in [0.05, 0.1) is 0 Å². The Balaban J connectivity index is 2.52. The summed E-state index contributed by atoms with van der Waals surface area (Å²) in [7, 11) is 0. The smallest absolute Gasteiger partial charge is 0.112 e. The van der Waals surface area contributed by atoms with Crippen molar-refractivity contribution in [3.8, 4) is 0 Å². The third-order valence-electron chi connectivity index (χ3n) is 1.46. The van der Waals surface area contributed by atoms with Gasteiger partial charge in [-0.05, 0) is 0 Å². The van der Waals surface area contributed by atoms with Gasteiger partial charge in [0.1, 0.15) is 12.2 Å². The average Bonchev–Trinajstić information content (AvgIpc) is 1.89. The standard InChI is InChI=1S/C7H11NO2/c8-10-6-7(9)4-2-1-3-5-7/h1-4,9H,5-6,8H2. The normalized spacial score (nSPS) is 31.0. The lowest BCUT2D eigenvalue weighted by molar-refractivity contribution is -0.0128. The predicted molar refractivity (Wildman–Crippen MR) is 38.0 cm³/mol. The summed E-state index contributed by atoms with van der Waals surface area (Å²) >= 11 is 0. The second-order valence-electron chi connectivity index (χ2n) is 2.41. The molecule has 10 heavy (non-hydrogen) atoms. The third-order valence-corrected chi connectivity index (χ3v) is 1.46. The van der Waals surface area contributed by atoms with Crippen molar-refractivity contribution in [3.63, 3.8) is 0 Å². The molecule has 1 aliphatic carbocycles. The minimum Gasteiger partial charge on any atom is -0.383 e. The van der Waals surface area contributed by atoms with E-state index in [0.29, 0.717) is 6.42 Å². The Kier molecular flexibility index (Phi) is 2.21. The number of rotatable bonds is 2. The largest absolute Gasteiger partial charge is 0.383 e. The third kappa shape index (κ3) is 1.67. The van der Waals surface area contributed by atoms with Gasteiger partial charge in [0.25, 0.3) is 0 Å². The summed E-state index contributed by atoms with van der Waals surface area (Å²) in [6.45, 7) is 0.147. The average molecular weight is 141 g/mol. The van der Waals surface area contributed by atoms with E-state index >= 15 is 0 Å². The Morgan fingerprint density at radius 1 is 1.60 bits per heavy atom. The number of allylic oxidation sites excluding steroid dienone is 2. The monoisotopic (exact) mass is 141 g/mol. The first-order valence-corrected chi connectivity index (χ1v) is 3.15. The predicted octanol–water partition coefficient (Wildman–Crippen LogP) is 0.124. The Labute approximate surface area is 59.7 Å². The Bertz CT molecular complexity index is 165. The van der Waals surface area contributed by atoms with E-state index in [9.17, 15) is 5.11 Å².